The van der Waals surface area contributed by atoms with Crippen molar-refractivity contribution in [3.05, 3.63) is 48.4 Å². The third-order valence-corrected chi connectivity index (χ3v) is 2.66. The Hall–Kier alpha value is -2.43. The summed E-state index contributed by atoms with van der Waals surface area (Å²) in [6.45, 7) is 0.426. The molecule has 0 saturated carbocycles. The van der Waals surface area contributed by atoms with Crippen molar-refractivity contribution in [2.45, 2.75) is 6.54 Å². The van der Waals surface area contributed by atoms with Gasteiger partial charge in [0.1, 0.15) is 11.5 Å². The molecule has 2 amide bonds. The fourth-order valence-electron chi connectivity index (χ4n) is 1.60. The normalized spacial score (nSPS) is 10.0. The molecule has 1 N–H and O–H groups in total. The predicted octanol–water partition coefficient (Wildman–Crippen LogP) is 2.95. The van der Waals surface area contributed by atoms with Crippen molar-refractivity contribution in [2.75, 3.05) is 19.5 Å². The van der Waals surface area contributed by atoms with Gasteiger partial charge in [0.2, 0.25) is 0 Å². The summed E-state index contributed by atoms with van der Waals surface area (Å²) in [6, 6.07) is 10.6. The fourth-order valence-corrected chi connectivity index (χ4v) is 1.60. The summed E-state index contributed by atoms with van der Waals surface area (Å²) in [4.78, 5) is 13.5. The fraction of sp³-hybridized carbons (Fsp3) is 0.214. The van der Waals surface area contributed by atoms with E-state index in [1.54, 1.807) is 55.7 Å². The van der Waals surface area contributed by atoms with Gasteiger partial charge < -0.3 is 19.4 Å². The van der Waals surface area contributed by atoms with E-state index in [2.05, 4.69) is 5.32 Å². The lowest BCUT2D eigenvalue weighted by atomic mass is 10.3. The highest BCUT2D eigenvalue weighted by molar-refractivity contribution is 5.89. The van der Waals surface area contributed by atoms with Gasteiger partial charge in [-0.2, -0.15) is 0 Å². The van der Waals surface area contributed by atoms with E-state index in [0.29, 0.717) is 6.54 Å². The number of rotatable bonds is 4. The summed E-state index contributed by atoms with van der Waals surface area (Å²) in [6.07, 6.45) is 1.59. The SMILES string of the molecule is COc1ccc(NC(=O)N(C)Cc2ccco2)cc1. The van der Waals surface area contributed by atoms with Crippen LogP contribution in [0.3, 0.4) is 0 Å². The molecule has 0 bridgehead atoms. The number of benzene rings is 1. The minimum atomic E-state index is -0.193. The molecule has 1 aromatic heterocycles. The Morgan fingerprint density at radius 2 is 2.05 bits per heavy atom. The molecule has 19 heavy (non-hydrogen) atoms. The second-order valence-corrected chi connectivity index (χ2v) is 4.09. The van der Waals surface area contributed by atoms with Crippen molar-refractivity contribution in [3.8, 4) is 5.75 Å². The zero-order valence-corrected chi connectivity index (χ0v) is 10.9. The highest BCUT2D eigenvalue weighted by atomic mass is 16.5. The van der Waals surface area contributed by atoms with Crippen LogP contribution in [0.15, 0.2) is 47.1 Å². The van der Waals surface area contributed by atoms with Gasteiger partial charge in [-0.1, -0.05) is 0 Å². The van der Waals surface area contributed by atoms with Gasteiger partial charge in [-0.05, 0) is 36.4 Å². The van der Waals surface area contributed by atoms with Gasteiger partial charge in [-0.3, -0.25) is 0 Å². The molecule has 2 aromatic rings. The van der Waals surface area contributed by atoms with Gasteiger partial charge >= 0.3 is 6.03 Å². The Morgan fingerprint density at radius 3 is 2.63 bits per heavy atom. The van der Waals surface area contributed by atoms with Gasteiger partial charge in [-0.15, -0.1) is 0 Å². The molecule has 0 fully saturated rings. The summed E-state index contributed by atoms with van der Waals surface area (Å²) < 4.78 is 10.3. The molecule has 0 aliphatic heterocycles. The van der Waals surface area contributed by atoms with E-state index >= 15 is 0 Å². The summed E-state index contributed by atoms with van der Waals surface area (Å²) >= 11 is 0. The molecule has 0 aliphatic carbocycles. The van der Waals surface area contributed by atoms with E-state index in [0.717, 1.165) is 17.2 Å². The zero-order valence-electron chi connectivity index (χ0n) is 10.9. The number of hydrogen-bond donors (Lipinski definition) is 1. The monoisotopic (exact) mass is 260 g/mol. The maximum absolute atomic E-state index is 11.9. The van der Waals surface area contributed by atoms with Gasteiger partial charge in [0.05, 0.1) is 19.9 Å². The van der Waals surface area contributed by atoms with Crippen molar-refractivity contribution < 1.29 is 13.9 Å². The number of nitrogens with one attached hydrogen (secondary N) is 1. The second-order valence-electron chi connectivity index (χ2n) is 4.09. The first-order chi connectivity index (χ1) is 9.19. The lowest BCUT2D eigenvalue weighted by molar-refractivity contribution is 0.217. The molecule has 5 heteroatoms. The number of nitrogens with zero attached hydrogens (tertiary/aromatic N) is 1. The number of ether oxygens (including phenoxy) is 1. The van der Waals surface area contributed by atoms with Gasteiger partial charge in [0.25, 0.3) is 0 Å². The Balaban J connectivity index is 1.92. The molecule has 0 saturated heterocycles. The van der Waals surface area contributed by atoms with Crippen LogP contribution in [0.1, 0.15) is 5.76 Å². The molecule has 0 unspecified atom stereocenters. The Labute approximate surface area is 111 Å². The standard InChI is InChI=1S/C14H16N2O3/c1-16(10-13-4-3-9-19-13)14(17)15-11-5-7-12(18-2)8-6-11/h3-9H,10H2,1-2H3,(H,15,17). The summed E-state index contributed by atoms with van der Waals surface area (Å²) in [5.74, 6) is 1.49. The quantitative estimate of drug-likeness (QED) is 0.919. The smallest absolute Gasteiger partial charge is 0.321 e. The molecule has 100 valence electrons. The number of furan rings is 1. The van der Waals surface area contributed by atoms with Crippen molar-refractivity contribution in [1.29, 1.82) is 0 Å². The largest absolute Gasteiger partial charge is 0.497 e. The van der Waals surface area contributed by atoms with Crippen LogP contribution in [0.4, 0.5) is 10.5 Å². The molecular formula is C14H16N2O3. The Morgan fingerprint density at radius 1 is 1.32 bits per heavy atom. The number of amides is 2. The Bertz CT molecular complexity index is 520. The summed E-state index contributed by atoms with van der Waals surface area (Å²) in [5, 5.41) is 2.80. The van der Waals surface area contributed by atoms with Crippen molar-refractivity contribution in [2.24, 2.45) is 0 Å². The number of carbonyl (C=O) groups is 1. The lowest BCUT2D eigenvalue weighted by Gasteiger charge is -2.16. The highest BCUT2D eigenvalue weighted by Crippen LogP contribution is 2.15. The first-order valence-electron chi connectivity index (χ1n) is 5.87. The number of hydrogen-bond acceptors (Lipinski definition) is 3. The minimum Gasteiger partial charge on any atom is -0.497 e. The van der Waals surface area contributed by atoms with Crippen LogP contribution in [-0.2, 0) is 6.54 Å². The van der Waals surface area contributed by atoms with Crippen LogP contribution in [0.2, 0.25) is 0 Å². The van der Waals surface area contributed by atoms with Crippen LogP contribution in [0.25, 0.3) is 0 Å². The first-order valence-corrected chi connectivity index (χ1v) is 5.87. The van der Waals surface area contributed by atoms with E-state index < -0.39 is 0 Å². The average Bonchev–Trinajstić information content (AvgIpc) is 2.92. The van der Waals surface area contributed by atoms with E-state index in [1.165, 1.54) is 0 Å². The molecule has 0 spiro atoms. The van der Waals surface area contributed by atoms with Crippen LogP contribution in [0.5, 0.6) is 5.75 Å². The number of urea groups is 1. The van der Waals surface area contributed by atoms with Crippen LogP contribution in [0, 0.1) is 0 Å². The Kier molecular flexibility index (Phi) is 4.07. The number of carbonyl (C=O) groups excluding carboxylic acids is 1. The van der Waals surface area contributed by atoms with Crippen molar-refractivity contribution in [3.63, 3.8) is 0 Å². The van der Waals surface area contributed by atoms with Gasteiger partial charge in [-0.25, -0.2) is 4.79 Å². The topological polar surface area (TPSA) is 54.7 Å². The highest BCUT2D eigenvalue weighted by Gasteiger charge is 2.10. The van der Waals surface area contributed by atoms with Gasteiger partial charge in [0, 0.05) is 12.7 Å². The first kappa shape index (κ1) is 13.0. The summed E-state index contributed by atoms with van der Waals surface area (Å²) in [7, 11) is 3.31. The van der Waals surface area contributed by atoms with E-state index in [9.17, 15) is 4.79 Å². The third kappa shape index (κ3) is 3.51. The molecule has 1 aromatic carbocycles. The molecular weight excluding hydrogens is 244 g/mol. The molecule has 1 heterocycles. The van der Waals surface area contributed by atoms with Crippen LogP contribution >= 0.6 is 0 Å². The molecule has 0 aliphatic rings. The summed E-state index contributed by atoms with van der Waals surface area (Å²) in [5.41, 5.74) is 0.720. The number of anilines is 1. The maximum Gasteiger partial charge on any atom is 0.321 e. The minimum absolute atomic E-state index is 0.193. The molecule has 0 radical (unpaired) electrons. The zero-order chi connectivity index (χ0) is 13.7. The average molecular weight is 260 g/mol. The van der Waals surface area contributed by atoms with Crippen LogP contribution < -0.4 is 10.1 Å². The van der Waals surface area contributed by atoms with E-state index in [1.807, 2.05) is 6.07 Å². The predicted molar refractivity (Wildman–Crippen MR) is 72.2 cm³/mol. The molecule has 2 rings (SSSR count). The third-order valence-electron chi connectivity index (χ3n) is 2.66. The number of methoxy groups -OCH3 is 1. The lowest BCUT2D eigenvalue weighted by Crippen LogP contribution is -2.30. The van der Waals surface area contributed by atoms with Gasteiger partial charge in [0.15, 0.2) is 0 Å². The van der Waals surface area contributed by atoms with Crippen LogP contribution in [-0.4, -0.2) is 25.1 Å². The second kappa shape index (κ2) is 5.95. The van der Waals surface area contributed by atoms with Crippen molar-refractivity contribution >= 4 is 11.7 Å². The van der Waals surface area contributed by atoms with E-state index in [-0.39, 0.29) is 6.03 Å². The molecule has 0 atom stereocenters. The molecule has 5 nitrogen and oxygen atoms in total. The van der Waals surface area contributed by atoms with E-state index in [4.69, 9.17) is 9.15 Å². The van der Waals surface area contributed by atoms with Crippen molar-refractivity contribution in [1.82, 2.24) is 4.90 Å². The maximum atomic E-state index is 11.9.